The van der Waals surface area contributed by atoms with Crippen LogP contribution in [0.4, 0.5) is 11.5 Å². The number of hydrogen-bond donors (Lipinski definition) is 2. The number of fused-ring (bicyclic) bond motifs is 1. The third-order valence-electron chi connectivity index (χ3n) is 2.82. The van der Waals surface area contributed by atoms with E-state index < -0.39 is 0 Å². The molecule has 0 saturated carbocycles. The van der Waals surface area contributed by atoms with Crippen molar-refractivity contribution in [2.24, 2.45) is 0 Å². The number of benzene rings is 1. The topological polar surface area (TPSA) is 75.9 Å². The Labute approximate surface area is 130 Å². The summed E-state index contributed by atoms with van der Waals surface area (Å²) in [5.41, 5.74) is 2.08. The van der Waals surface area contributed by atoms with Crippen LogP contribution in [0.2, 0.25) is 10.0 Å². The van der Waals surface area contributed by atoms with Gasteiger partial charge in [0.15, 0.2) is 0 Å². The summed E-state index contributed by atoms with van der Waals surface area (Å²) in [6.45, 7) is 0.481. The molecule has 0 unspecified atom stereocenters. The molecule has 0 radical (unpaired) electrons. The molecular weight excluding hydrogens is 313 g/mol. The molecule has 0 aliphatic heterocycles. The maximum absolute atomic E-state index is 8.86. The molecule has 0 aliphatic carbocycles. The fraction of sp³-hybridized carbons (Fsp3) is 0.154. The van der Waals surface area contributed by atoms with Crippen molar-refractivity contribution < 1.29 is 5.11 Å². The fourth-order valence-electron chi connectivity index (χ4n) is 1.87. The van der Waals surface area contributed by atoms with E-state index in [-0.39, 0.29) is 6.61 Å². The summed E-state index contributed by atoms with van der Waals surface area (Å²) in [5, 5.41) is 16.9. The van der Waals surface area contributed by atoms with Crippen molar-refractivity contribution >= 4 is 45.7 Å². The number of aromatic nitrogens is 4. The van der Waals surface area contributed by atoms with Crippen LogP contribution in [-0.2, 0) is 6.54 Å². The van der Waals surface area contributed by atoms with E-state index in [1.165, 1.54) is 0 Å². The number of anilines is 2. The first kappa shape index (κ1) is 14.1. The normalized spacial score (nSPS) is 11.0. The Balaban J connectivity index is 1.88. The van der Waals surface area contributed by atoms with Crippen LogP contribution in [0.1, 0.15) is 0 Å². The van der Waals surface area contributed by atoms with Crippen molar-refractivity contribution in [1.29, 1.82) is 0 Å². The summed E-state index contributed by atoms with van der Waals surface area (Å²) in [5.74, 6) is 0.574. The maximum Gasteiger partial charge on any atom is 0.149 e. The van der Waals surface area contributed by atoms with E-state index in [4.69, 9.17) is 28.3 Å². The molecule has 0 atom stereocenters. The third-order valence-corrected chi connectivity index (χ3v) is 3.54. The monoisotopic (exact) mass is 323 g/mol. The number of hydrogen-bond acceptors (Lipinski definition) is 5. The van der Waals surface area contributed by atoms with Gasteiger partial charge in [0.2, 0.25) is 0 Å². The summed E-state index contributed by atoms with van der Waals surface area (Å²) in [6, 6.07) is 3.35. The van der Waals surface area contributed by atoms with Crippen LogP contribution in [0.3, 0.4) is 0 Å². The first-order valence-corrected chi connectivity index (χ1v) is 6.93. The van der Waals surface area contributed by atoms with Gasteiger partial charge in [-0.25, -0.2) is 4.98 Å². The third kappa shape index (κ3) is 3.07. The predicted octanol–water partition coefficient (Wildman–Crippen LogP) is 2.87. The van der Waals surface area contributed by atoms with Crippen molar-refractivity contribution in [1.82, 2.24) is 19.7 Å². The first-order valence-electron chi connectivity index (χ1n) is 6.18. The summed E-state index contributed by atoms with van der Waals surface area (Å²) >= 11 is 11.9. The van der Waals surface area contributed by atoms with Crippen LogP contribution in [0.15, 0.2) is 30.7 Å². The zero-order valence-corrected chi connectivity index (χ0v) is 12.3. The number of aliphatic hydroxyl groups excluding tert-OH is 1. The van der Waals surface area contributed by atoms with E-state index in [9.17, 15) is 0 Å². The Morgan fingerprint density at radius 3 is 2.67 bits per heavy atom. The molecule has 0 spiro atoms. The Hall–Kier alpha value is -1.89. The summed E-state index contributed by atoms with van der Waals surface area (Å²) in [6.07, 6.45) is 5.03. The summed E-state index contributed by atoms with van der Waals surface area (Å²) in [4.78, 5) is 8.71. The molecule has 21 heavy (non-hydrogen) atoms. The smallest absolute Gasteiger partial charge is 0.149 e. The van der Waals surface area contributed by atoms with Crippen molar-refractivity contribution in [3.63, 3.8) is 0 Å². The SMILES string of the molecule is OCCn1cc(Nc2cnc3cc(Cl)c(Cl)cc3n2)cn1. The van der Waals surface area contributed by atoms with Gasteiger partial charge in [0, 0.05) is 6.20 Å². The van der Waals surface area contributed by atoms with E-state index in [1.807, 2.05) is 0 Å². The van der Waals surface area contributed by atoms with Crippen LogP contribution in [-0.4, -0.2) is 31.5 Å². The van der Waals surface area contributed by atoms with Crippen molar-refractivity contribution in [3.8, 4) is 0 Å². The van der Waals surface area contributed by atoms with Crippen LogP contribution in [0.5, 0.6) is 0 Å². The molecule has 0 saturated heterocycles. The molecule has 0 aliphatic rings. The lowest BCUT2D eigenvalue weighted by molar-refractivity contribution is 0.269. The molecule has 6 nitrogen and oxygen atoms in total. The van der Waals surface area contributed by atoms with Gasteiger partial charge in [0.05, 0.1) is 52.3 Å². The Morgan fingerprint density at radius 2 is 1.90 bits per heavy atom. The van der Waals surface area contributed by atoms with Crippen LogP contribution in [0, 0.1) is 0 Å². The van der Waals surface area contributed by atoms with Gasteiger partial charge in [-0.3, -0.25) is 9.67 Å². The van der Waals surface area contributed by atoms with E-state index in [0.717, 1.165) is 5.69 Å². The number of nitrogens with one attached hydrogen (secondary N) is 1. The molecule has 1 aromatic carbocycles. The fourth-order valence-corrected chi connectivity index (χ4v) is 2.18. The van der Waals surface area contributed by atoms with Gasteiger partial charge in [-0.2, -0.15) is 5.10 Å². The second kappa shape index (κ2) is 5.85. The van der Waals surface area contributed by atoms with Crippen LogP contribution >= 0.6 is 23.2 Å². The van der Waals surface area contributed by atoms with Gasteiger partial charge < -0.3 is 10.4 Å². The lowest BCUT2D eigenvalue weighted by Crippen LogP contribution is -2.01. The average molecular weight is 324 g/mol. The average Bonchev–Trinajstić information content (AvgIpc) is 2.88. The minimum absolute atomic E-state index is 0.0379. The summed E-state index contributed by atoms with van der Waals surface area (Å²) < 4.78 is 1.63. The molecule has 8 heteroatoms. The Kier molecular flexibility index (Phi) is 3.92. The van der Waals surface area contributed by atoms with Gasteiger partial charge in [-0.15, -0.1) is 0 Å². The Morgan fingerprint density at radius 1 is 1.14 bits per heavy atom. The lowest BCUT2D eigenvalue weighted by atomic mass is 10.3. The van der Waals surface area contributed by atoms with Gasteiger partial charge in [-0.1, -0.05) is 23.2 Å². The van der Waals surface area contributed by atoms with E-state index in [2.05, 4.69) is 20.4 Å². The van der Waals surface area contributed by atoms with E-state index in [0.29, 0.717) is 33.4 Å². The zero-order valence-electron chi connectivity index (χ0n) is 10.8. The molecule has 3 rings (SSSR count). The minimum atomic E-state index is 0.0379. The summed E-state index contributed by atoms with van der Waals surface area (Å²) in [7, 11) is 0. The molecule has 2 heterocycles. The first-order chi connectivity index (χ1) is 10.2. The predicted molar refractivity (Wildman–Crippen MR) is 82.2 cm³/mol. The van der Waals surface area contributed by atoms with Crippen LogP contribution in [0.25, 0.3) is 11.0 Å². The number of aliphatic hydroxyl groups is 1. The standard InChI is InChI=1S/C13H11Cl2N5O/c14-9-3-11-12(4-10(9)15)19-13(6-16-11)18-8-5-17-20(7-8)1-2-21/h3-7,21H,1-2H2,(H,18,19). The van der Waals surface area contributed by atoms with Gasteiger partial charge in [-0.05, 0) is 12.1 Å². The largest absolute Gasteiger partial charge is 0.394 e. The van der Waals surface area contributed by atoms with Crippen molar-refractivity contribution in [2.45, 2.75) is 6.54 Å². The minimum Gasteiger partial charge on any atom is -0.394 e. The molecule has 0 fully saturated rings. The molecule has 0 bridgehead atoms. The number of nitrogens with zero attached hydrogens (tertiary/aromatic N) is 4. The molecule has 2 N–H and O–H groups in total. The second-order valence-corrected chi connectivity index (χ2v) is 5.17. The number of rotatable bonds is 4. The number of halogens is 2. The Bertz CT molecular complexity index is 789. The van der Waals surface area contributed by atoms with E-state index in [1.54, 1.807) is 35.4 Å². The van der Waals surface area contributed by atoms with Crippen LogP contribution < -0.4 is 5.32 Å². The van der Waals surface area contributed by atoms with Crippen molar-refractivity contribution in [2.75, 3.05) is 11.9 Å². The quantitative estimate of drug-likeness (QED) is 0.772. The molecular formula is C13H11Cl2N5O. The van der Waals surface area contributed by atoms with Gasteiger partial charge >= 0.3 is 0 Å². The molecule has 108 valence electrons. The highest BCUT2D eigenvalue weighted by atomic mass is 35.5. The highest BCUT2D eigenvalue weighted by Gasteiger charge is 2.06. The molecule has 3 aromatic rings. The molecule has 0 amide bonds. The molecule has 2 aromatic heterocycles. The second-order valence-electron chi connectivity index (χ2n) is 4.35. The highest BCUT2D eigenvalue weighted by Crippen LogP contribution is 2.26. The highest BCUT2D eigenvalue weighted by molar-refractivity contribution is 6.42. The zero-order chi connectivity index (χ0) is 14.8. The van der Waals surface area contributed by atoms with Gasteiger partial charge in [0.25, 0.3) is 0 Å². The van der Waals surface area contributed by atoms with E-state index >= 15 is 0 Å². The maximum atomic E-state index is 8.86. The lowest BCUT2D eigenvalue weighted by Gasteiger charge is -2.05. The van der Waals surface area contributed by atoms with Crippen molar-refractivity contribution in [3.05, 3.63) is 40.8 Å². The van der Waals surface area contributed by atoms with Gasteiger partial charge in [0.1, 0.15) is 5.82 Å².